The summed E-state index contributed by atoms with van der Waals surface area (Å²) in [4.78, 5) is 14.0. The van der Waals surface area contributed by atoms with Gasteiger partial charge in [0.1, 0.15) is 0 Å². The van der Waals surface area contributed by atoms with Crippen LogP contribution in [0.3, 0.4) is 0 Å². The lowest BCUT2D eigenvalue weighted by Gasteiger charge is -2.16. The van der Waals surface area contributed by atoms with Gasteiger partial charge < -0.3 is 16.0 Å². The van der Waals surface area contributed by atoms with Crippen LogP contribution in [0.4, 0.5) is 5.69 Å². The van der Waals surface area contributed by atoms with Crippen molar-refractivity contribution in [3.63, 3.8) is 0 Å². The Morgan fingerprint density at radius 3 is 2.61 bits per heavy atom. The van der Waals surface area contributed by atoms with E-state index >= 15 is 0 Å². The first-order chi connectivity index (χ1) is 8.40. The van der Waals surface area contributed by atoms with E-state index < -0.39 is 0 Å². The highest BCUT2D eigenvalue weighted by Crippen LogP contribution is 2.13. The molecule has 1 amide bonds. The summed E-state index contributed by atoms with van der Waals surface area (Å²) in [7, 11) is 4.03. The average molecular weight is 249 g/mol. The second-order valence-electron chi connectivity index (χ2n) is 5.08. The lowest BCUT2D eigenvalue weighted by atomic mass is 10.0. The van der Waals surface area contributed by atoms with Crippen LogP contribution < -0.4 is 11.1 Å². The fourth-order valence-corrected chi connectivity index (χ4v) is 1.61. The maximum atomic E-state index is 11.9. The molecule has 0 saturated carbocycles. The van der Waals surface area contributed by atoms with Crippen molar-refractivity contribution in [1.82, 2.24) is 4.90 Å². The van der Waals surface area contributed by atoms with Crippen molar-refractivity contribution in [2.75, 3.05) is 19.4 Å². The normalized spacial score (nSPS) is 14.3. The molecule has 0 spiro atoms. The Labute approximate surface area is 109 Å². The van der Waals surface area contributed by atoms with Crippen LogP contribution in [0.25, 0.3) is 0 Å². The first-order valence-electron chi connectivity index (χ1n) is 6.20. The lowest BCUT2D eigenvalue weighted by molar-refractivity contribution is -0.119. The second-order valence-corrected chi connectivity index (χ2v) is 5.08. The quantitative estimate of drug-likeness (QED) is 0.834. The first-order valence-corrected chi connectivity index (χ1v) is 6.20. The highest BCUT2D eigenvalue weighted by atomic mass is 16.1. The van der Waals surface area contributed by atoms with E-state index in [1.54, 1.807) is 0 Å². The smallest absolute Gasteiger partial charge is 0.228 e. The molecule has 100 valence electrons. The van der Waals surface area contributed by atoms with Crippen LogP contribution in [0, 0.1) is 5.92 Å². The van der Waals surface area contributed by atoms with Gasteiger partial charge in [0.05, 0.1) is 5.92 Å². The predicted octanol–water partition coefficient (Wildman–Crippen LogP) is 1.67. The average Bonchev–Trinajstić information content (AvgIpc) is 2.27. The Morgan fingerprint density at radius 2 is 2.06 bits per heavy atom. The van der Waals surface area contributed by atoms with Gasteiger partial charge in [-0.15, -0.1) is 0 Å². The third-order valence-corrected chi connectivity index (χ3v) is 2.90. The fourth-order valence-electron chi connectivity index (χ4n) is 1.61. The molecule has 0 fully saturated rings. The van der Waals surface area contributed by atoms with Crippen molar-refractivity contribution in [3.05, 3.63) is 29.8 Å². The van der Waals surface area contributed by atoms with E-state index in [4.69, 9.17) is 5.73 Å². The van der Waals surface area contributed by atoms with Crippen LogP contribution in [0.5, 0.6) is 0 Å². The van der Waals surface area contributed by atoms with Gasteiger partial charge in [-0.2, -0.15) is 0 Å². The van der Waals surface area contributed by atoms with Gasteiger partial charge in [0, 0.05) is 18.3 Å². The van der Waals surface area contributed by atoms with Gasteiger partial charge in [-0.3, -0.25) is 4.79 Å². The molecule has 0 aliphatic heterocycles. The molecule has 0 aliphatic rings. The van der Waals surface area contributed by atoms with Gasteiger partial charge in [0.15, 0.2) is 0 Å². The maximum absolute atomic E-state index is 11.9. The van der Waals surface area contributed by atoms with Crippen LogP contribution in [0.1, 0.15) is 19.4 Å². The highest BCUT2D eigenvalue weighted by molar-refractivity contribution is 5.92. The summed E-state index contributed by atoms with van der Waals surface area (Å²) in [6, 6.07) is 7.74. The van der Waals surface area contributed by atoms with Gasteiger partial charge in [0.2, 0.25) is 5.91 Å². The topological polar surface area (TPSA) is 58.4 Å². The number of hydrogen-bond acceptors (Lipinski definition) is 3. The summed E-state index contributed by atoms with van der Waals surface area (Å²) < 4.78 is 0. The van der Waals surface area contributed by atoms with Crippen LogP contribution in [0.2, 0.25) is 0 Å². The van der Waals surface area contributed by atoms with Crippen molar-refractivity contribution in [2.45, 2.75) is 26.4 Å². The summed E-state index contributed by atoms with van der Waals surface area (Å²) in [6.07, 6.45) is 0. The van der Waals surface area contributed by atoms with Crippen LogP contribution >= 0.6 is 0 Å². The standard InChI is InChI=1S/C14H23N3O/c1-10(11(2)15)14(18)16-13-7-5-6-12(8-13)9-17(3)4/h5-8,10-11H,9,15H2,1-4H3,(H,16,18). The Kier molecular flexibility index (Phi) is 5.31. The monoisotopic (exact) mass is 249 g/mol. The molecule has 2 unspecified atom stereocenters. The minimum Gasteiger partial charge on any atom is -0.327 e. The van der Waals surface area contributed by atoms with Gasteiger partial charge in [-0.25, -0.2) is 0 Å². The third-order valence-electron chi connectivity index (χ3n) is 2.90. The minimum absolute atomic E-state index is 0.0352. The highest BCUT2D eigenvalue weighted by Gasteiger charge is 2.16. The molecular formula is C14H23N3O. The zero-order valence-corrected chi connectivity index (χ0v) is 11.6. The molecule has 1 aromatic carbocycles. The van der Waals surface area contributed by atoms with Crippen molar-refractivity contribution in [3.8, 4) is 0 Å². The molecule has 0 heterocycles. The third kappa shape index (κ3) is 4.47. The second kappa shape index (κ2) is 6.52. The summed E-state index contributed by atoms with van der Waals surface area (Å²) in [5.74, 6) is -0.227. The molecule has 1 rings (SSSR count). The Hall–Kier alpha value is -1.39. The Bertz CT molecular complexity index is 402. The lowest BCUT2D eigenvalue weighted by Crippen LogP contribution is -2.34. The molecule has 18 heavy (non-hydrogen) atoms. The van der Waals surface area contributed by atoms with Crippen molar-refractivity contribution >= 4 is 11.6 Å². The van der Waals surface area contributed by atoms with Crippen molar-refractivity contribution < 1.29 is 4.79 Å². The van der Waals surface area contributed by atoms with E-state index in [2.05, 4.69) is 10.2 Å². The largest absolute Gasteiger partial charge is 0.327 e. The number of nitrogens with two attached hydrogens (primary N) is 1. The number of anilines is 1. The van der Waals surface area contributed by atoms with Gasteiger partial charge in [-0.05, 0) is 38.7 Å². The van der Waals surface area contributed by atoms with Crippen LogP contribution in [0.15, 0.2) is 24.3 Å². The Balaban J connectivity index is 2.70. The molecule has 4 nitrogen and oxygen atoms in total. The minimum atomic E-state index is -0.192. The van der Waals surface area contributed by atoms with E-state index in [1.165, 1.54) is 5.56 Å². The number of carbonyl (C=O) groups is 1. The summed E-state index contributed by atoms with van der Waals surface area (Å²) in [5, 5.41) is 2.90. The molecule has 0 bridgehead atoms. The number of benzene rings is 1. The Morgan fingerprint density at radius 1 is 1.39 bits per heavy atom. The number of carbonyl (C=O) groups excluding carboxylic acids is 1. The van der Waals surface area contributed by atoms with E-state index in [-0.39, 0.29) is 17.9 Å². The van der Waals surface area contributed by atoms with E-state index in [0.29, 0.717) is 0 Å². The molecular weight excluding hydrogens is 226 g/mol. The number of hydrogen-bond donors (Lipinski definition) is 2. The SMILES string of the molecule is CC(N)C(C)C(=O)Nc1cccc(CN(C)C)c1. The molecule has 2 atom stereocenters. The predicted molar refractivity (Wildman–Crippen MR) is 75.3 cm³/mol. The van der Waals surface area contributed by atoms with Crippen LogP contribution in [-0.4, -0.2) is 30.9 Å². The van der Waals surface area contributed by atoms with Gasteiger partial charge in [0.25, 0.3) is 0 Å². The molecule has 3 N–H and O–H groups in total. The zero-order valence-electron chi connectivity index (χ0n) is 11.6. The summed E-state index contributed by atoms with van der Waals surface area (Å²) in [5.41, 5.74) is 7.72. The molecule has 1 aromatic rings. The van der Waals surface area contributed by atoms with E-state index in [1.807, 2.05) is 52.2 Å². The van der Waals surface area contributed by atoms with Gasteiger partial charge >= 0.3 is 0 Å². The van der Waals surface area contributed by atoms with Crippen molar-refractivity contribution in [1.29, 1.82) is 0 Å². The molecule has 4 heteroatoms. The number of nitrogens with zero attached hydrogens (tertiary/aromatic N) is 1. The maximum Gasteiger partial charge on any atom is 0.228 e. The zero-order chi connectivity index (χ0) is 13.7. The van der Waals surface area contributed by atoms with Crippen molar-refractivity contribution in [2.24, 2.45) is 11.7 Å². The van der Waals surface area contributed by atoms with E-state index in [0.717, 1.165) is 12.2 Å². The summed E-state index contributed by atoms with van der Waals surface area (Å²) >= 11 is 0. The molecule has 0 radical (unpaired) electrons. The number of nitrogens with one attached hydrogen (secondary N) is 1. The van der Waals surface area contributed by atoms with Gasteiger partial charge in [-0.1, -0.05) is 19.1 Å². The number of amides is 1. The molecule has 0 aromatic heterocycles. The number of rotatable bonds is 5. The van der Waals surface area contributed by atoms with E-state index in [9.17, 15) is 4.79 Å². The fraction of sp³-hybridized carbons (Fsp3) is 0.500. The molecule has 0 saturated heterocycles. The van der Waals surface area contributed by atoms with Crippen LogP contribution in [-0.2, 0) is 11.3 Å². The first kappa shape index (κ1) is 14.7. The summed E-state index contributed by atoms with van der Waals surface area (Å²) in [6.45, 7) is 4.53. The molecule has 0 aliphatic carbocycles.